The molecular formula is C15H18N2OS2. The van der Waals surface area contributed by atoms with Crippen molar-refractivity contribution in [1.29, 1.82) is 0 Å². The minimum Gasteiger partial charge on any atom is -0.307 e. The lowest BCUT2D eigenvalue weighted by molar-refractivity contribution is 0.692. The van der Waals surface area contributed by atoms with Gasteiger partial charge in [-0.05, 0) is 31.4 Å². The van der Waals surface area contributed by atoms with E-state index in [1.165, 1.54) is 11.3 Å². The van der Waals surface area contributed by atoms with E-state index in [1.807, 2.05) is 6.08 Å². The van der Waals surface area contributed by atoms with Crippen LogP contribution in [0.4, 0.5) is 0 Å². The number of rotatable bonds is 4. The number of fused-ring (bicyclic) bond motifs is 2. The average Bonchev–Trinajstić information content (AvgIpc) is 2.79. The van der Waals surface area contributed by atoms with Gasteiger partial charge in [-0.3, -0.25) is 4.79 Å². The molecule has 2 aromatic heterocycles. The van der Waals surface area contributed by atoms with Crippen molar-refractivity contribution in [2.24, 2.45) is 0 Å². The molecule has 0 spiro atoms. The van der Waals surface area contributed by atoms with Gasteiger partial charge in [0.15, 0.2) is 5.16 Å². The molecule has 0 saturated carbocycles. The van der Waals surface area contributed by atoms with Crippen LogP contribution in [-0.4, -0.2) is 15.3 Å². The quantitative estimate of drug-likeness (QED) is 0.639. The average molecular weight is 306 g/mol. The number of aromatic nitrogens is 2. The molecule has 0 amide bonds. The summed E-state index contributed by atoms with van der Waals surface area (Å²) in [6.07, 6.45) is 6.16. The van der Waals surface area contributed by atoms with Crippen molar-refractivity contribution in [2.45, 2.75) is 44.3 Å². The van der Waals surface area contributed by atoms with E-state index in [2.05, 4.69) is 23.1 Å². The first kappa shape index (κ1) is 13.9. The molecule has 0 N–H and O–H groups in total. The summed E-state index contributed by atoms with van der Waals surface area (Å²) in [5, 5.41) is 0.943. The van der Waals surface area contributed by atoms with E-state index in [4.69, 9.17) is 0 Å². The minimum atomic E-state index is 0.161. The molecule has 0 aromatic carbocycles. The number of hydrogen-bond donors (Lipinski definition) is 0. The van der Waals surface area contributed by atoms with Gasteiger partial charge in [0.05, 0.1) is 0 Å². The van der Waals surface area contributed by atoms with E-state index in [9.17, 15) is 4.79 Å². The predicted molar refractivity (Wildman–Crippen MR) is 87.1 cm³/mol. The molecule has 0 fully saturated rings. The maximum absolute atomic E-state index is 12.6. The highest BCUT2D eigenvalue weighted by Crippen LogP contribution is 2.31. The summed E-state index contributed by atoms with van der Waals surface area (Å²) in [7, 11) is 0. The van der Waals surface area contributed by atoms with Gasteiger partial charge < -0.3 is 4.57 Å². The smallest absolute Gasteiger partial charge is 0.211 e. The van der Waals surface area contributed by atoms with Gasteiger partial charge in [0.25, 0.3) is 0 Å². The lowest BCUT2D eigenvalue weighted by atomic mass is 9.98. The van der Waals surface area contributed by atoms with Gasteiger partial charge in [-0.15, -0.1) is 17.9 Å². The molecule has 0 bridgehead atoms. The molecule has 2 aromatic rings. The van der Waals surface area contributed by atoms with Crippen LogP contribution in [0.15, 0.2) is 22.6 Å². The molecule has 0 atom stereocenters. The molecular weight excluding hydrogens is 288 g/mol. The van der Waals surface area contributed by atoms with Crippen LogP contribution in [0.25, 0.3) is 10.3 Å². The van der Waals surface area contributed by atoms with E-state index in [0.29, 0.717) is 12.1 Å². The first-order valence-corrected chi connectivity index (χ1v) is 8.85. The highest BCUT2D eigenvalue weighted by atomic mass is 32.2. The van der Waals surface area contributed by atoms with Crippen molar-refractivity contribution >= 4 is 33.4 Å². The molecule has 106 valence electrons. The van der Waals surface area contributed by atoms with Crippen LogP contribution in [0, 0.1) is 0 Å². The summed E-state index contributed by atoms with van der Waals surface area (Å²) in [5.74, 6) is 0.957. The number of thioether (sulfide) groups is 1. The zero-order valence-electron chi connectivity index (χ0n) is 11.6. The molecule has 3 rings (SSSR count). The lowest BCUT2D eigenvalue weighted by Crippen LogP contribution is -2.15. The van der Waals surface area contributed by atoms with Crippen molar-refractivity contribution in [1.82, 2.24) is 9.55 Å². The third kappa shape index (κ3) is 2.23. The molecule has 0 saturated heterocycles. The number of imidazole rings is 1. The van der Waals surface area contributed by atoms with Gasteiger partial charge in [0.1, 0.15) is 10.3 Å². The fraction of sp³-hybridized carbons (Fsp3) is 0.467. The zero-order valence-corrected chi connectivity index (χ0v) is 13.3. The first-order chi connectivity index (χ1) is 9.76. The third-order valence-corrected chi connectivity index (χ3v) is 5.76. The summed E-state index contributed by atoms with van der Waals surface area (Å²) < 4.78 is 2.14. The fourth-order valence-corrected chi connectivity index (χ4v) is 4.79. The van der Waals surface area contributed by atoms with E-state index in [1.54, 1.807) is 23.1 Å². The van der Waals surface area contributed by atoms with Gasteiger partial charge in [-0.2, -0.15) is 0 Å². The molecule has 1 aliphatic rings. The highest BCUT2D eigenvalue weighted by molar-refractivity contribution is 7.99. The summed E-state index contributed by atoms with van der Waals surface area (Å²) in [6.45, 7) is 6.64. The van der Waals surface area contributed by atoms with Crippen LogP contribution in [-0.2, 0) is 19.4 Å². The first-order valence-electron chi connectivity index (χ1n) is 7.05. The van der Waals surface area contributed by atoms with Crippen molar-refractivity contribution in [2.75, 3.05) is 5.75 Å². The van der Waals surface area contributed by atoms with Crippen molar-refractivity contribution in [3.8, 4) is 0 Å². The van der Waals surface area contributed by atoms with E-state index >= 15 is 0 Å². The second-order valence-corrected chi connectivity index (χ2v) is 7.24. The van der Waals surface area contributed by atoms with Gasteiger partial charge in [-0.25, -0.2) is 4.98 Å². The summed E-state index contributed by atoms with van der Waals surface area (Å²) in [6, 6.07) is 0. The number of allylic oxidation sites excluding steroid dienone is 1. The number of nitrogens with zero attached hydrogens (tertiary/aromatic N) is 2. The van der Waals surface area contributed by atoms with Gasteiger partial charge >= 0.3 is 0 Å². The zero-order chi connectivity index (χ0) is 14.1. The van der Waals surface area contributed by atoms with Gasteiger partial charge in [0.2, 0.25) is 5.43 Å². The maximum atomic E-state index is 12.6. The Kier molecular flexibility index (Phi) is 3.98. The summed E-state index contributed by atoms with van der Waals surface area (Å²) >= 11 is 3.45. The van der Waals surface area contributed by atoms with E-state index < -0.39 is 0 Å². The Morgan fingerprint density at radius 3 is 3.00 bits per heavy atom. The highest BCUT2D eigenvalue weighted by Gasteiger charge is 2.21. The molecule has 3 nitrogen and oxygen atoms in total. The van der Waals surface area contributed by atoms with Crippen LogP contribution >= 0.6 is 23.1 Å². The van der Waals surface area contributed by atoms with Crippen LogP contribution < -0.4 is 5.43 Å². The minimum absolute atomic E-state index is 0.161. The van der Waals surface area contributed by atoms with Gasteiger partial charge in [-0.1, -0.05) is 24.8 Å². The Morgan fingerprint density at radius 2 is 2.25 bits per heavy atom. The van der Waals surface area contributed by atoms with Crippen LogP contribution in [0.5, 0.6) is 0 Å². The van der Waals surface area contributed by atoms with Crippen LogP contribution in [0.1, 0.15) is 30.2 Å². The molecule has 0 radical (unpaired) electrons. The van der Waals surface area contributed by atoms with Crippen molar-refractivity contribution in [3.63, 3.8) is 0 Å². The van der Waals surface area contributed by atoms with Gasteiger partial charge in [0, 0.05) is 17.0 Å². The monoisotopic (exact) mass is 306 g/mol. The molecule has 0 unspecified atom stereocenters. The Balaban J connectivity index is 2.28. The normalized spacial score (nSPS) is 14.4. The summed E-state index contributed by atoms with van der Waals surface area (Å²) in [4.78, 5) is 19.5. The van der Waals surface area contributed by atoms with Crippen molar-refractivity contribution in [3.05, 3.63) is 33.3 Å². The Bertz CT molecular complexity index is 715. The largest absolute Gasteiger partial charge is 0.307 e. The standard InChI is InChI=1S/C15H18N2OS2/c1-3-9-17-14-12(16-15(17)19-4-2)13(18)10-7-5-6-8-11(10)20-14/h3H,1,4-9H2,2H3. The molecule has 1 aliphatic carbocycles. The molecule has 0 aliphatic heterocycles. The summed E-state index contributed by atoms with van der Waals surface area (Å²) in [5.41, 5.74) is 1.84. The predicted octanol–water partition coefficient (Wildman–Crippen LogP) is 3.63. The van der Waals surface area contributed by atoms with Crippen LogP contribution in [0.3, 0.4) is 0 Å². The van der Waals surface area contributed by atoms with E-state index in [-0.39, 0.29) is 5.43 Å². The van der Waals surface area contributed by atoms with Crippen molar-refractivity contribution < 1.29 is 0 Å². The van der Waals surface area contributed by atoms with Crippen LogP contribution in [0.2, 0.25) is 0 Å². The Labute approximate surface area is 126 Å². The third-order valence-electron chi connectivity index (χ3n) is 3.60. The maximum Gasteiger partial charge on any atom is 0.211 e. The van der Waals surface area contributed by atoms with E-state index in [0.717, 1.165) is 40.6 Å². The second-order valence-electron chi connectivity index (χ2n) is 4.92. The Morgan fingerprint density at radius 1 is 1.45 bits per heavy atom. The SMILES string of the molecule is C=CCn1c(SCC)nc2c(=O)c3c(sc21)CCCC3. The molecule has 2 heterocycles. The molecule has 5 heteroatoms. The lowest BCUT2D eigenvalue weighted by Gasteiger charge is -2.13. The molecule has 20 heavy (non-hydrogen) atoms. The second kappa shape index (κ2) is 5.74. The fourth-order valence-electron chi connectivity index (χ4n) is 2.69. The Hall–Kier alpha value is -1.07. The topological polar surface area (TPSA) is 34.9 Å². The number of hydrogen-bond acceptors (Lipinski definition) is 4. The number of aryl methyl sites for hydroxylation is 1.